The molecule has 0 aromatic heterocycles. The molecule has 8 heteroatoms. The van der Waals surface area contributed by atoms with Crippen molar-refractivity contribution in [2.45, 2.75) is 13.1 Å². The van der Waals surface area contributed by atoms with Gasteiger partial charge in [0.1, 0.15) is 0 Å². The van der Waals surface area contributed by atoms with Gasteiger partial charge in [-0.05, 0) is 35.4 Å². The Labute approximate surface area is 190 Å². The van der Waals surface area contributed by atoms with Gasteiger partial charge in [0.2, 0.25) is 5.75 Å². The van der Waals surface area contributed by atoms with Crippen molar-refractivity contribution in [1.29, 1.82) is 0 Å². The number of benzene rings is 2. The summed E-state index contributed by atoms with van der Waals surface area (Å²) in [4.78, 5) is 6.38. The Bertz CT molecular complexity index is 787. The van der Waals surface area contributed by atoms with E-state index in [1.54, 1.807) is 28.4 Å². The molecule has 7 nitrogen and oxygen atoms in total. The van der Waals surface area contributed by atoms with Crippen molar-refractivity contribution in [3.8, 4) is 17.2 Å². The quantitative estimate of drug-likeness (QED) is 0.321. The molecule has 2 aromatic rings. The van der Waals surface area contributed by atoms with Gasteiger partial charge in [-0.15, -0.1) is 24.0 Å². The van der Waals surface area contributed by atoms with Crippen LogP contribution < -0.4 is 29.7 Å². The van der Waals surface area contributed by atoms with Gasteiger partial charge in [-0.3, -0.25) is 4.99 Å². The summed E-state index contributed by atoms with van der Waals surface area (Å²) in [6.07, 6.45) is 0. The summed E-state index contributed by atoms with van der Waals surface area (Å²) in [5, 5.41) is 6.65. The van der Waals surface area contributed by atoms with Crippen LogP contribution in [0.15, 0.2) is 41.4 Å². The second kappa shape index (κ2) is 12.3. The van der Waals surface area contributed by atoms with Crippen LogP contribution in [-0.4, -0.2) is 48.4 Å². The molecule has 0 heterocycles. The fourth-order valence-electron chi connectivity index (χ4n) is 2.77. The molecule has 29 heavy (non-hydrogen) atoms. The van der Waals surface area contributed by atoms with Crippen molar-refractivity contribution in [2.75, 3.05) is 47.4 Å². The first kappa shape index (κ1) is 24.7. The Kier molecular flexibility index (Phi) is 10.4. The Morgan fingerprint density at radius 1 is 0.897 bits per heavy atom. The van der Waals surface area contributed by atoms with Crippen LogP contribution in [0.4, 0.5) is 5.69 Å². The maximum absolute atomic E-state index is 5.41. The minimum absolute atomic E-state index is 0. The second-order valence-corrected chi connectivity index (χ2v) is 6.38. The monoisotopic (exact) mass is 514 g/mol. The molecule has 0 saturated heterocycles. The van der Waals surface area contributed by atoms with E-state index in [2.05, 4.69) is 44.8 Å². The van der Waals surface area contributed by atoms with E-state index in [0.29, 0.717) is 36.3 Å². The summed E-state index contributed by atoms with van der Waals surface area (Å²) in [6, 6.07) is 12.2. The fraction of sp³-hybridized carbons (Fsp3) is 0.381. The molecule has 0 aliphatic carbocycles. The smallest absolute Gasteiger partial charge is 0.203 e. The highest BCUT2D eigenvalue weighted by atomic mass is 127. The maximum Gasteiger partial charge on any atom is 0.203 e. The molecule has 0 aliphatic heterocycles. The Morgan fingerprint density at radius 3 is 1.97 bits per heavy atom. The number of halogens is 1. The summed E-state index contributed by atoms with van der Waals surface area (Å²) < 4.78 is 16.2. The lowest BCUT2D eigenvalue weighted by atomic mass is 10.1. The van der Waals surface area contributed by atoms with E-state index >= 15 is 0 Å². The fourth-order valence-corrected chi connectivity index (χ4v) is 2.77. The zero-order valence-electron chi connectivity index (χ0n) is 17.9. The lowest BCUT2D eigenvalue weighted by molar-refractivity contribution is 0.323. The first-order valence-electron chi connectivity index (χ1n) is 9.02. The van der Waals surface area contributed by atoms with Crippen molar-refractivity contribution in [1.82, 2.24) is 10.6 Å². The van der Waals surface area contributed by atoms with E-state index < -0.39 is 0 Å². The Balaban J connectivity index is 0.00000420. The van der Waals surface area contributed by atoms with Gasteiger partial charge in [0.25, 0.3) is 0 Å². The zero-order chi connectivity index (χ0) is 20.5. The normalized spacial score (nSPS) is 10.6. The van der Waals surface area contributed by atoms with Crippen LogP contribution in [0.5, 0.6) is 17.2 Å². The van der Waals surface area contributed by atoms with E-state index in [4.69, 9.17) is 14.2 Å². The Hall–Kier alpha value is -2.36. The summed E-state index contributed by atoms with van der Waals surface area (Å²) >= 11 is 0. The highest BCUT2D eigenvalue weighted by molar-refractivity contribution is 14.0. The predicted molar refractivity (Wildman–Crippen MR) is 129 cm³/mol. The van der Waals surface area contributed by atoms with Crippen molar-refractivity contribution < 1.29 is 14.2 Å². The van der Waals surface area contributed by atoms with E-state index in [1.807, 2.05) is 26.2 Å². The highest BCUT2D eigenvalue weighted by Gasteiger charge is 2.13. The summed E-state index contributed by atoms with van der Waals surface area (Å²) in [5.74, 6) is 2.55. The molecule has 0 saturated carbocycles. The number of rotatable bonds is 8. The predicted octanol–water partition coefficient (Wildman–Crippen LogP) is 3.26. The topological polar surface area (TPSA) is 67.4 Å². The molecule has 2 N–H and O–H groups in total. The number of hydrogen-bond donors (Lipinski definition) is 2. The lowest BCUT2D eigenvalue weighted by Crippen LogP contribution is -2.36. The first-order chi connectivity index (χ1) is 13.5. The minimum atomic E-state index is 0. The summed E-state index contributed by atoms with van der Waals surface area (Å²) in [7, 11) is 10.6. The molecule has 0 fully saturated rings. The molecule has 0 aliphatic rings. The van der Waals surface area contributed by atoms with E-state index in [1.165, 1.54) is 11.3 Å². The maximum atomic E-state index is 5.41. The summed E-state index contributed by atoms with van der Waals surface area (Å²) in [5.41, 5.74) is 3.34. The van der Waals surface area contributed by atoms with Gasteiger partial charge < -0.3 is 29.7 Å². The number of guanidine groups is 1. The van der Waals surface area contributed by atoms with Crippen LogP contribution in [0.25, 0.3) is 0 Å². The average molecular weight is 514 g/mol. The van der Waals surface area contributed by atoms with Crippen LogP contribution in [0.2, 0.25) is 0 Å². The van der Waals surface area contributed by atoms with Gasteiger partial charge in [0, 0.05) is 39.9 Å². The van der Waals surface area contributed by atoms with Gasteiger partial charge >= 0.3 is 0 Å². The SMILES string of the molecule is CN=C(NCc1cccc(N(C)C)c1)NCc1cc(OC)c(OC)c(OC)c1.I. The Morgan fingerprint density at radius 2 is 1.48 bits per heavy atom. The van der Waals surface area contributed by atoms with Crippen LogP contribution in [0.3, 0.4) is 0 Å². The third-order valence-corrected chi connectivity index (χ3v) is 4.29. The highest BCUT2D eigenvalue weighted by Crippen LogP contribution is 2.38. The number of anilines is 1. The number of methoxy groups -OCH3 is 3. The number of hydrogen-bond acceptors (Lipinski definition) is 5. The van der Waals surface area contributed by atoms with Gasteiger partial charge in [-0.2, -0.15) is 0 Å². The van der Waals surface area contributed by atoms with E-state index in [-0.39, 0.29) is 24.0 Å². The average Bonchev–Trinajstić information content (AvgIpc) is 2.73. The molecule has 2 rings (SSSR count). The molecule has 0 radical (unpaired) electrons. The van der Waals surface area contributed by atoms with Gasteiger partial charge in [0.15, 0.2) is 17.5 Å². The molecular weight excluding hydrogens is 483 g/mol. The van der Waals surface area contributed by atoms with Gasteiger partial charge in [-0.1, -0.05) is 12.1 Å². The number of aliphatic imine (C=N–C) groups is 1. The van der Waals surface area contributed by atoms with E-state index in [9.17, 15) is 0 Å². The largest absolute Gasteiger partial charge is 0.493 e. The van der Waals surface area contributed by atoms with Crippen molar-refractivity contribution in [3.05, 3.63) is 47.5 Å². The second-order valence-electron chi connectivity index (χ2n) is 6.38. The van der Waals surface area contributed by atoms with Crippen molar-refractivity contribution >= 4 is 35.6 Å². The third kappa shape index (κ3) is 6.88. The molecule has 0 amide bonds. The molecule has 2 aromatic carbocycles. The van der Waals surface area contributed by atoms with Crippen LogP contribution in [0.1, 0.15) is 11.1 Å². The minimum Gasteiger partial charge on any atom is -0.493 e. The number of ether oxygens (including phenoxy) is 3. The van der Waals surface area contributed by atoms with Gasteiger partial charge in [0.05, 0.1) is 21.3 Å². The van der Waals surface area contributed by atoms with Gasteiger partial charge in [-0.25, -0.2) is 0 Å². The zero-order valence-corrected chi connectivity index (χ0v) is 20.2. The number of nitrogens with one attached hydrogen (secondary N) is 2. The third-order valence-electron chi connectivity index (χ3n) is 4.29. The van der Waals surface area contributed by atoms with Crippen LogP contribution >= 0.6 is 24.0 Å². The van der Waals surface area contributed by atoms with Crippen molar-refractivity contribution in [3.63, 3.8) is 0 Å². The first-order valence-corrected chi connectivity index (χ1v) is 9.02. The standard InChI is InChI=1S/C21H30N4O3.HI/c1-22-21(23-13-15-8-7-9-17(10-15)25(2)3)24-14-16-11-18(26-4)20(28-6)19(12-16)27-5;/h7-12H,13-14H2,1-6H3,(H2,22,23,24);1H. The van der Waals surface area contributed by atoms with Crippen molar-refractivity contribution in [2.24, 2.45) is 4.99 Å². The molecule has 0 spiro atoms. The van der Waals surface area contributed by atoms with E-state index in [0.717, 1.165) is 5.56 Å². The van der Waals surface area contributed by atoms with Crippen LogP contribution in [0, 0.1) is 0 Å². The summed E-state index contributed by atoms with van der Waals surface area (Å²) in [6.45, 7) is 1.24. The molecule has 0 atom stereocenters. The van der Waals surface area contributed by atoms with Crippen LogP contribution in [-0.2, 0) is 13.1 Å². The molecule has 0 bridgehead atoms. The number of nitrogens with zero attached hydrogens (tertiary/aromatic N) is 2. The lowest BCUT2D eigenvalue weighted by Gasteiger charge is -2.17. The molecule has 0 unspecified atom stereocenters. The molecular formula is C21H31IN4O3. The molecule has 160 valence electrons.